The minimum atomic E-state index is -4.52. The zero-order valence-electron chi connectivity index (χ0n) is 10.8. The van der Waals surface area contributed by atoms with E-state index < -0.39 is 24.7 Å². The first-order chi connectivity index (χ1) is 9.11. The summed E-state index contributed by atoms with van der Waals surface area (Å²) in [5.41, 5.74) is 0.201. The van der Waals surface area contributed by atoms with Crippen LogP contribution in [0.3, 0.4) is 0 Å². The summed E-state index contributed by atoms with van der Waals surface area (Å²) in [6.45, 7) is 0.103. The predicted molar refractivity (Wildman–Crippen MR) is 65.8 cm³/mol. The molecule has 0 aromatic heterocycles. The van der Waals surface area contributed by atoms with Gasteiger partial charge in [0.25, 0.3) is 0 Å². The van der Waals surface area contributed by atoms with E-state index in [0.29, 0.717) is 10.5 Å². The Morgan fingerprint density at radius 2 is 1.95 bits per heavy atom. The van der Waals surface area contributed by atoms with Crippen molar-refractivity contribution in [2.75, 3.05) is 18.9 Å². The molecular weight excluding hydrogens is 277 g/mol. The van der Waals surface area contributed by atoms with Crippen molar-refractivity contribution < 1.29 is 27.9 Å². The fourth-order valence-corrected chi connectivity index (χ4v) is 1.61. The topological polar surface area (TPSA) is 69.6 Å². The summed E-state index contributed by atoms with van der Waals surface area (Å²) < 4.78 is 36.5. The van der Waals surface area contributed by atoms with Crippen LogP contribution in [0.4, 0.5) is 23.7 Å². The van der Waals surface area contributed by atoms with Crippen LogP contribution < -0.4 is 5.32 Å². The smallest absolute Gasteiger partial charge is 0.406 e. The highest BCUT2D eigenvalue weighted by molar-refractivity contribution is 6.01. The van der Waals surface area contributed by atoms with Gasteiger partial charge >= 0.3 is 18.2 Å². The number of aromatic carboxylic acids is 1. The highest BCUT2D eigenvalue weighted by Gasteiger charge is 2.31. The van der Waals surface area contributed by atoms with Gasteiger partial charge in [0.2, 0.25) is 0 Å². The Bertz CT molecular complexity index is 529. The van der Waals surface area contributed by atoms with Crippen LogP contribution in [-0.2, 0) is 0 Å². The molecule has 0 aliphatic rings. The first-order valence-corrected chi connectivity index (χ1v) is 5.53. The molecule has 5 nitrogen and oxygen atoms in total. The van der Waals surface area contributed by atoms with Gasteiger partial charge in [-0.3, -0.25) is 0 Å². The van der Waals surface area contributed by atoms with E-state index in [-0.39, 0.29) is 11.3 Å². The molecule has 2 amide bonds. The van der Waals surface area contributed by atoms with E-state index in [0.717, 1.165) is 7.05 Å². The van der Waals surface area contributed by atoms with Gasteiger partial charge in [0.1, 0.15) is 6.54 Å². The maximum Gasteiger partial charge on any atom is 0.406 e. The molecule has 1 aromatic rings. The molecule has 0 aliphatic carbocycles. The molecule has 0 spiro atoms. The number of benzene rings is 1. The molecular formula is C12H13F3N2O3. The van der Waals surface area contributed by atoms with Crippen LogP contribution in [0.15, 0.2) is 18.2 Å². The third kappa shape index (κ3) is 4.15. The Morgan fingerprint density at radius 3 is 2.45 bits per heavy atom. The fraction of sp³-hybridized carbons (Fsp3) is 0.333. The van der Waals surface area contributed by atoms with Crippen molar-refractivity contribution in [2.24, 2.45) is 0 Å². The average Bonchev–Trinajstić information content (AvgIpc) is 2.25. The fourth-order valence-electron chi connectivity index (χ4n) is 1.61. The van der Waals surface area contributed by atoms with Crippen LogP contribution in [0.25, 0.3) is 0 Å². The number of nitrogens with one attached hydrogen (secondary N) is 1. The summed E-state index contributed by atoms with van der Waals surface area (Å²) >= 11 is 0. The second kappa shape index (κ2) is 5.81. The van der Waals surface area contributed by atoms with Gasteiger partial charge in [-0.05, 0) is 18.6 Å². The third-order valence-electron chi connectivity index (χ3n) is 2.49. The number of anilines is 1. The number of halogens is 3. The summed E-state index contributed by atoms with van der Waals surface area (Å²) in [5.74, 6) is -1.27. The second-order valence-corrected chi connectivity index (χ2v) is 4.20. The molecule has 0 bridgehead atoms. The molecule has 0 aliphatic heterocycles. The first kappa shape index (κ1) is 15.8. The van der Waals surface area contributed by atoms with Gasteiger partial charge < -0.3 is 15.3 Å². The molecule has 0 saturated heterocycles. The van der Waals surface area contributed by atoms with Crippen molar-refractivity contribution in [3.8, 4) is 0 Å². The van der Waals surface area contributed by atoms with Crippen LogP contribution in [-0.4, -0.2) is 41.8 Å². The lowest BCUT2D eigenvalue weighted by molar-refractivity contribution is -0.137. The summed E-state index contributed by atoms with van der Waals surface area (Å²) in [6.07, 6.45) is -4.52. The van der Waals surface area contributed by atoms with E-state index in [1.165, 1.54) is 25.1 Å². The molecule has 1 aromatic carbocycles. The minimum Gasteiger partial charge on any atom is -0.478 e. The lowest BCUT2D eigenvalue weighted by atomic mass is 10.1. The number of hydrogen-bond acceptors (Lipinski definition) is 2. The molecule has 8 heteroatoms. The van der Waals surface area contributed by atoms with Crippen molar-refractivity contribution >= 4 is 17.7 Å². The van der Waals surface area contributed by atoms with Gasteiger partial charge in [0.05, 0.1) is 11.3 Å². The van der Waals surface area contributed by atoms with Gasteiger partial charge in [-0.25, -0.2) is 9.59 Å². The number of rotatable bonds is 3. The van der Waals surface area contributed by atoms with Crippen molar-refractivity contribution in [1.29, 1.82) is 0 Å². The van der Waals surface area contributed by atoms with Crippen molar-refractivity contribution in [3.05, 3.63) is 29.3 Å². The maximum atomic E-state index is 12.2. The predicted octanol–water partition coefficient (Wildman–Crippen LogP) is 2.72. The van der Waals surface area contributed by atoms with E-state index >= 15 is 0 Å². The average molecular weight is 290 g/mol. The van der Waals surface area contributed by atoms with Crippen LogP contribution >= 0.6 is 0 Å². The number of nitrogens with zero attached hydrogens (tertiary/aromatic N) is 1. The van der Waals surface area contributed by atoms with Gasteiger partial charge in [0.15, 0.2) is 0 Å². The van der Waals surface area contributed by atoms with Crippen molar-refractivity contribution in [1.82, 2.24) is 4.90 Å². The monoisotopic (exact) mass is 290 g/mol. The number of urea groups is 1. The van der Waals surface area contributed by atoms with E-state index in [4.69, 9.17) is 5.11 Å². The SMILES string of the molecule is Cc1cccc(NC(=O)N(C)CC(F)(F)F)c1C(=O)O. The van der Waals surface area contributed by atoms with E-state index in [1.807, 2.05) is 0 Å². The largest absolute Gasteiger partial charge is 0.478 e. The molecule has 2 N–H and O–H groups in total. The highest BCUT2D eigenvalue weighted by atomic mass is 19.4. The molecule has 0 unspecified atom stereocenters. The molecule has 0 fully saturated rings. The first-order valence-electron chi connectivity index (χ1n) is 5.53. The maximum absolute atomic E-state index is 12.2. The number of carboxylic acid groups (broad SMARTS) is 1. The summed E-state index contributed by atoms with van der Waals surface area (Å²) in [4.78, 5) is 23.1. The second-order valence-electron chi connectivity index (χ2n) is 4.20. The number of hydrogen-bond donors (Lipinski definition) is 2. The summed E-state index contributed by atoms with van der Waals surface area (Å²) in [7, 11) is 0.971. The molecule has 0 radical (unpaired) electrons. The number of aryl methyl sites for hydroxylation is 1. The van der Waals surface area contributed by atoms with Gasteiger partial charge in [-0.15, -0.1) is 0 Å². The molecule has 0 saturated carbocycles. The molecule has 110 valence electrons. The number of carbonyl (C=O) groups excluding carboxylic acids is 1. The Labute approximate surface area is 113 Å². The van der Waals surface area contributed by atoms with E-state index in [2.05, 4.69) is 5.32 Å². The Hall–Kier alpha value is -2.25. The molecule has 20 heavy (non-hydrogen) atoms. The van der Waals surface area contributed by atoms with Crippen molar-refractivity contribution in [3.63, 3.8) is 0 Å². The van der Waals surface area contributed by atoms with Crippen LogP contribution in [0, 0.1) is 6.92 Å². The van der Waals surface area contributed by atoms with Crippen LogP contribution in [0.2, 0.25) is 0 Å². The summed E-state index contributed by atoms with van der Waals surface area (Å²) in [6, 6.07) is 3.31. The molecule has 1 rings (SSSR count). The van der Waals surface area contributed by atoms with Gasteiger partial charge in [-0.2, -0.15) is 13.2 Å². The quantitative estimate of drug-likeness (QED) is 0.899. The van der Waals surface area contributed by atoms with Crippen LogP contribution in [0.5, 0.6) is 0 Å². The Balaban J connectivity index is 2.91. The lowest BCUT2D eigenvalue weighted by Gasteiger charge is -2.20. The Kier molecular flexibility index (Phi) is 4.59. The number of carbonyl (C=O) groups is 2. The zero-order chi connectivity index (χ0) is 15.5. The standard InChI is InChI=1S/C12H13F3N2O3/c1-7-4-3-5-8(9(7)10(18)19)16-11(20)17(2)6-12(13,14)15/h3-5H,6H2,1-2H3,(H,16,20)(H,18,19). The van der Waals surface area contributed by atoms with E-state index in [9.17, 15) is 22.8 Å². The number of amides is 2. The molecule has 0 heterocycles. The Morgan fingerprint density at radius 1 is 1.35 bits per heavy atom. The van der Waals surface area contributed by atoms with E-state index in [1.54, 1.807) is 0 Å². The van der Waals surface area contributed by atoms with Crippen LogP contribution in [0.1, 0.15) is 15.9 Å². The van der Waals surface area contributed by atoms with Gasteiger partial charge in [-0.1, -0.05) is 12.1 Å². The highest BCUT2D eigenvalue weighted by Crippen LogP contribution is 2.21. The minimum absolute atomic E-state index is 0.0449. The lowest BCUT2D eigenvalue weighted by Crippen LogP contribution is -2.38. The normalized spacial score (nSPS) is 11.1. The van der Waals surface area contributed by atoms with Gasteiger partial charge in [0, 0.05) is 7.05 Å². The number of carboxylic acids is 1. The number of alkyl halides is 3. The van der Waals surface area contributed by atoms with Crippen molar-refractivity contribution in [2.45, 2.75) is 13.1 Å². The third-order valence-corrected chi connectivity index (χ3v) is 2.49. The molecule has 0 atom stereocenters. The zero-order valence-corrected chi connectivity index (χ0v) is 10.8. The summed E-state index contributed by atoms with van der Waals surface area (Å²) in [5, 5.41) is 11.2.